The van der Waals surface area contributed by atoms with Crippen LogP contribution in [0, 0.1) is 0 Å². The van der Waals surface area contributed by atoms with Gasteiger partial charge < -0.3 is 25.7 Å². The lowest BCUT2D eigenvalue weighted by molar-refractivity contribution is 0.0618. The third-order valence-electron chi connectivity index (χ3n) is 4.91. The van der Waals surface area contributed by atoms with Crippen molar-refractivity contribution in [2.75, 3.05) is 5.32 Å². The molecule has 0 saturated carbocycles. The maximum Gasteiger partial charge on any atom is 0.337 e. The number of aromatic carboxylic acids is 4. The highest BCUT2D eigenvalue weighted by Crippen LogP contribution is 2.26. The highest BCUT2D eigenvalue weighted by atomic mass is 16.4. The van der Waals surface area contributed by atoms with Crippen LogP contribution in [0.2, 0.25) is 0 Å². The lowest BCUT2D eigenvalue weighted by Crippen LogP contribution is -2.25. The Bertz CT molecular complexity index is 1310. The van der Waals surface area contributed by atoms with Crippen LogP contribution in [0.3, 0.4) is 0 Å². The van der Waals surface area contributed by atoms with Gasteiger partial charge in [0, 0.05) is 5.69 Å². The maximum atomic E-state index is 12.8. The Morgan fingerprint density at radius 3 is 1.59 bits per heavy atom. The van der Waals surface area contributed by atoms with Crippen molar-refractivity contribution in [3.05, 3.63) is 99.6 Å². The van der Waals surface area contributed by atoms with E-state index in [0.717, 1.165) is 11.1 Å². The standard InChI is InChI=1S/C24H17NO9/c26-20(25-14-8-6-13(7-9-14)10-12-4-2-1-3-5-12)15-11-16(21(27)28)18(23(31)32)19(24(33)34)17(15)22(29)30/h1-9,11H,10H2,(H,25,26)(H,27,28)(H,29,30)(H,31,32)(H,33,34). The molecule has 0 atom stereocenters. The minimum absolute atomic E-state index is 0.231. The van der Waals surface area contributed by atoms with Crippen LogP contribution in [0.4, 0.5) is 5.69 Å². The molecule has 0 saturated heterocycles. The Morgan fingerprint density at radius 2 is 1.09 bits per heavy atom. The molecule has 0 heterocycles. The molecular formula is C24H17NO9. The summed E-state index contributed by atoms with van der Waals surface area (Å²) in [5.74, 6) is -8.82. The molecule has 3 rings (SSSR count). The molecule has 0 aliphatic rings. The van der Waals surface area contributed by atoms with Crippen molar-refractivity contribution in [1.29, 1.82) is 0 Å². The second-order valence-electron chi connectivity index (χ2n) is 7.13. The van der Waals surface area contributed by atoms with E-state index in [1.165, 1.54) is 0 Å². The third kappa shape index (κ3) is 4.91. The van der Waals surface area contributed by atoms with E-state index in [4.69, 9.17) is 0 Å². The largest absolute Gasteiger partial charge is 0.478 e. The third-order valence-corrected chi connectivity index (χ3v) is 4.91. The van der Waals surface area contributed by atoms with Crippen LogP contribution in [0.15, 0.2) is 60.7 Å². The van der Waals surface area contributed by atoms with E-state index >= 15 is 0 Å². The second-order valence-corrected chi connectivity index (χ2v) is 7.13. The summed E-state index contributed by atoms with van der Waals surface area (Å²) >= 11 is 0. The first-order valence-electron chi connectivity index (χ1n) is 9.68. The highest BCUT2D eigenvalue weighted by molar-refractivity contribution is 6.20. The molecule has 0 fully saturated rings. The van der Waals surface area contributed by atoms with Gasteiger partial charge in [0.15, 0.2) is 0 Å². The van der Waals surface area contributed by atoms with Crippen molar-refractivity contribution in [3.8, 4) is 0 Å². The number of carbonyl (C=O) groups is 5. The predicted molar refractivity (Wildman–Crippen MR) is 118 cm³/mol. The summed E-state index contributed by atoms with van der Waals surface area (Å²) in [6, 6.07) is 16.7. The molecule has 3 aromatic carbocycles. The summed E-state index contributed by atoms with van der Waals surface area (Å²) in [7, 11) is 0. The summed E-state index contributed by atoms with van der Waals surface area (Å²) in [5, 5.41) is 40.1. The van der Waals surface area contributed by atoms with Gasteiger partial charge in [0.1, 0.15) is 0 Å². The number of hydrogen-bond acceptors (Lipinski definition) is 5. The van der Waals surface area contributed by atoms with E-state index in [-0.39, 0.29) is 5.69 Å². The molecule has 0 aliphatic heterocycles. The zero-order chi connectivity index (χ0) is 25.0. The number of anilines is 1. The molecule has 0 spiro atoms. The van der Waals surface area contributed by atoms with E-state index in [1.807, 2.05) is 30.3 Å². The molecule has 1 amide bonds. The summed E-state index contributed by atoms with van der Waals surface area (Å²) in [6.07, 6.45) is 0.624. The van der Waals surface area contributed by atoms with Crippen molar-refractivity contribution in [1.82, 2.24) is 0 Å². The molecule has 3 aromatic rings. The number of benzene rings is 3. The van der Waals surface area contributed by atoms with E-state index in [2.05, 4.69) is 5.32 Å². The molecule has 0 radical (unpaired) electrons. The van der Waals surface area contributed by atoms with Gasteiger partial charge in [0.2, 0.25) is 0 Å². The van der Waals surface area contributed by atoms with Gasteiger partial charge in [-0.2, -0.15) is 0 Å². The molecule has 10 nitrogen and oxygen atoms in total. The fourth-order valence-electron chi connectivity index (χ4n) is 3.42. The molecule has 0 unspecified atom stereocenters. The van der Waals surface area contributed by atoms with Gasteiger partial charge in [-0.1, -0.05) is 42.5 Å². The highest BCUT2D eigenvalue weighted by Gasteiger charge is 2.34. The van der Waals surface area contributed by atoms with Crippen molar-refractivity contribution in [3.63, 3.8) is 0 Å². The van der Waals surface area contributed by atoms with Crippen LogP contribution in [-0.2, 0) is 6.42 Å². The minimum atomic E-state index is -2.00. The van der Waals surface area contributed by atoms with Crippen molar-refractivity contribution >= 4 is 35.5 Å². The Hall–Kier alpha value is -4.99. The normalized spacial score (nSPS) is 10.4. The Labute approximate surface area is 191 Å². The van der Waals surface area contributed by atoms with Crippen LogP contribution >= 0.6 is 0 Å². The fourth-order valence-corrected chi connectivity index (χ4v) is 3.42. The molecule has 0 aromatic heterocycles. The first-order valence-corrected chi connectivity index (χ1v) is 9.68. The van der Waals surface area contributed by atoms with E-state index in [0.29, 0.717) is 12.5 Å². The molecule has 10 heteroatoms. The summed E-state index contributed by atoms with van der Waals surface area (Å²) in [5.41, 5.74) is -3.29. The van der Waals surface area contributed by atoms with Crippen molar-refractivity contribution in [2.45, 2.75) is 6.42 Å². The summed E-state index contributed by atoms with van der Waals surface area (Å²) in [4.78, 5) is 59.4. The van der Waals surface area contributed by atoms with E-state index in [1.54, 1.807) is 24.3 Å². The lowest BCUT2D eigenvalue weighted by atomic mass is 9.90. The number of amides is 1. The minimum Gasteiger partial charge on any atom is -0.478 e. The molecule has 5 N–H and O–H groups in total. The number of hydrogen-bond donors (Lipinski definition) is 5. The van der Waals surface area contributed by atoms with Gasteiger partial charge in [-0.05, 0) is 35.7 Å². The van der Waals surface area contributed by atoms with Gasteiger partial charge in [-0.3, -0.25) is 4.79 Å². The van der Waals surface area contributed by atoms with Crippen LogP contribution in [0.25, 0.3) is 0 Å². The average molecular weight is 463 g/mol. The van der Waals surface area contributed by atoms with Crippen molar-refractivity contribution in [2.24, 2.45) is 0 Å². The van der Waals surface area contributed by atoms with Gasteiger partial charge in [-0.25, -0.2) is 19.2 Å². The maximum absolute atomic E-state index is 12.8. The van der Waals surface area contributed by atoms with Crippen molar-refractivity contribution < 1.29 is 44.4 Å². The van der Waals surface area contributed by atoms with Crippen LogP contribution < -0.4 is 5.32 Å². The lowest BCUT2D eigenvalue weighted by Gasteiger charge is -2.14. The molecule has 0 bridgehead atoms. The topological polar surface area (TPSA) is 178 Å². The Kier molecular flexibility index (Phi) is 6.72. The number of nitrogens with one attached hydrogen (secondary N) is 1. The van der Waals surface area contributed by atoms with Gasteiger partial charge >= 0.3 is 23.9 Å². The van der Waals surface area contributed by atoms with Gasteiger partial charge in [-0.15, -0.1) is 0 Å². The molecule has 34 heavy (non-hydrogen) atoms. The number of carbonyl (C=O) groups excluding carboxylic acids is 1. The van der Waals surface area contributed by atoms with Crippen LogP contribution in [0.1, 0.15) is 62.9 Å². The van der Waals surface area contributed by atoms with Crippen LogP contribution in [0.5, 0.6) is 0 Å². The Morgan fingerprint density at radius 1 is 0.588 bits per heavy atom. The zero-order valence-corrected chi connectivity index (χ0v) is 17.3. The first-order chi connectivity index (χ1) is 16.1. The first kappa shape index (κ1) is 23.7. The summed E-state index contributed by atoms with van der Waals surface area (Å²) < 4.78 is 0. The summed E-state index contributed by atoms with van der Waals surface area (Å²) in [6.45, 7) is 0. The second kappa shape index (κ2) is 9.65. The number of carboxylic acid groups (broad SMARTS) is 4. The van der Waals surface area contributed by atoms with E-state index < -0.39 is 57.6 Å². The van der Waals surface area contributed by atoms with Crippen LogP contribution in [-0.4, -0.2) is 50.2 Å². The fraction of sp³-hybridized carbons (Fsp3) is 0.0417. The zero-order valence-electron chi connectivity index (χ0n) is 17.3. The van der Waals surface area contributed by atoms with E-state index in [9.17, 15) is 44.4 Å². The molecular weight excluding hydrogens is 446 g/mol. The smallest absolute Gasteiger partial charge is 0.337 e. The molecule has 172 valence electrons. The monoisotopic (exact) mass is 463 g/mol. The molecule has 0 aliphatic carbocycles. The SMILES string of the molecule is O=C(O)c1cc(C(=O)Nc2ccc(Cc3ccccc3)cc2)c(C(=O)O)c(C(=O)O)c1C(=O)O. The van der Waals surface area contributed by atoms with Gasteiger partial charge in [0.05, 0.1) is 27.8 Å². The Balaban J connectivity index is 2.01. The quantitative estimate of drug-likeness (QED) is 0.335. The number of rotatable bonds is 8. The predicted octanol–water partition coefficient (Wildman–Crippen LogP) is 3.32. The van der Waals surface area contributed by atoms with Gasteiger partial charge in [0.25, 0.3) is 5.91 Å². The average Bonchev–Trinajstić information content (AvgIpc) is 2.79. The number of carboxylic acids is 4.